The second-order valence-electron chi connectivity index (χ2n) is 4.90. The molecule has 0 unspecified atom stereocenters. The van der Waals surface area contributed by atoms with Crippen molar-refractivity contribution in [2.75, 3.05) is 32.4 Å². The Morgan fingerprint density at radius 2 is 2.00 bits per heavy atom. The molecule has 7 nitrogen and oxygen atoms in total. The van der Waals surface area contributed by atoms with Crippen molar-refractivity contribution in [2.24, 2.45) is 4.99 Å². The van der Waals surface area contributed by atoms with Gasteiger partial charge in [-0.25, -0.2) is 18.1 Å². The van der Waals surface area contributed by atoms with E-state index in [9.17, 15) is 8.42 Å². The molecule has 0 aromatic carbocycles. The molecule has 0 radical (unpaired) electrons. The van der Waals surface area contributed by atoms with Crippen molar-refractivity contribution in [1.82, 2.24) is 20.3 Å². The highest BCUT2D eigenvalue weighted by atomic mass is 32.2. The molecule has 1 rings (SSSR count). The predicted molar refractivity (Wildman–Crippen MR) is 96.6 cm³/mol. The Morgan fingerprint density at radius 1 is 1.26 bits per heavy atom. The molecule has 0 saturated heterocycles. The number of aryl methyl sites for hydroxylation is 1. The van der Waals surface area contributed by atoms with Crippen LogP contribution < -0.4 is 15.4 Å². The largest absolute Gasteiger partial charge is 0.356 e. The number of nitrogens with zero attached hydrogens (tertiary/aromatic N) is 2. The Hall–Kier alpha value is -1.19. The fourth-order valence-electron chi connectivity index (χ4n) is 1.76. The molecule has 1 heterocycles. The standard InChI is InChI=1S/C14H27N5O2S2/c1-4-12-11-18-13(22-12)7-10-17-14(15-3)16-8-6-9-19-23(20,21)5-2/h11,19H,4-10H2,1-3H3,(H2,15,16,17). The van der Waals surface area contributed by atoms with Crippen molar-refractivity contribution in [2.45, 2.75) is 33.1 Å². The van der Waals surface area contributed by atoms with Gasteiger partial charge in [-0.15, -0.1) is 11.3 Å². The summed E-state index contributed by atoms with van der Waals surface area (Å²) in [5, 5.41) is 7.52. The number of hydrogen-bond acceptors (Lipinski definition) is 5. The van der Waals surface area contributed by atoms with Gasteiger partial charge in [-0.1, -0.05) is 6.92 Å². The predicted octanol–water partition coefficient (Wildman–Crippen LogP) is 0.742. The lowest BCUT2D eigenvalue weighted by Crippen LogP contribution is -2.39. The molecule has 0 bridgehead atoms. The zero-order valence-corrected chi connectivity index (χ0v) is 15.7. The number of nitrogens with one attached hydrogen (secondary N) is 3. The number of hydrogen-bond donors (Lipinski definition) is 3. The number of thiazole rings is 1. The number of sulfonamides is 1. The maximum Gasteiger partial charge on any atom is 0.211 e. The van der Waals surface area contributed by atoms with E-state index in [1.54, 1.807) is 25.3 Å². The van der Waals surface area contributed by atoms with Crippen LogP contribution in [0.4, 0.5) is 0 Å². The molecule has 1 aromatic heterocycles. The maximum atomic E-state index is 11.3. The van der Waals surface area contributed by atoms with Gasteiger partial charge in [0.25, 0.3) is 0 Å². The van der Waals surface area contributed by atoms with E-state index in [0.29, 0.717) is 19.5 Å². The first-order valence-corrected chi connectivity index (χ1v) is 10.3. The van der Waals surface area contributed by atoms with Crippen molar-refractivity contribution >= 4 is 27.3 Å². The summed E-state index contributed by atoms with van der Waals surface area (Å²) >= 11 is 1.74. The SMILES string of the molecule is CCc1cnc(CCNC(=NC)NCCCNS(=O)(=O)CC)s1. The van der Waals surface area contributed by atoms with Gasteiger partial charge in [0.2, 0.25) is 10.0 Å². The van der Waals surface area contributed by atoms with Crippen LogP contribution in [0.3, 0.4) is 0 Å². The third kappa shape index (κ3) is 8.29. The topological polar surface area (TPSA) is 95.5 Å². The van der Waals surface area contributed by atoms with Crippen LogP contribution in [0.2, 0.25) is 0 Å². The molecule has 0 atom stereocenters. The van der Waals surface area contributed by atoms with E-state index in [0.717, 1.165) is 30.4 Å². The van der Waals surface area contributed by atoms with Gasteiger partial charge in [0.15, 0.2) is 5.96 Å². The number of aliphatic imine (C=N–C) groups is 1. The average molecular weight is 362 g/mol. The summed E-state index contributed by atoms with van der Waals surface area (Å²) < 4.78 is 25.1. The van der Waals surface area contributed by atoms with Gasteiger partial charge in [-0.05, 0) is 19.8 Å². The molecule has 3 N–H and O–H groups in total. The van der Waals surface area contributed by atoms with Crippen molar-refractivity contribution in [3.05, 3.63) is 16.1 Å². The van der Waals surface area contributed by atoms with Crippen LogP contribution in [-0.4, -0.2) is 51.8 Å². The third-order valence-corrected chi connectivity index (χ3v) is 5.76. The molecule has 0 aliphatic heterocycles. The monoisotopic (exact) mass is 361 g/mol. The Balaban J connectivity index is 2.17. The summed E-state index contributed by atoms with van der Waals surface area (Å²) in [7, 11) is -1.38. The van der Waals surface area contributed by atoms with Gasteiger partial charge < -0.3 is 10.6 Å². The van der Waals surface area contributed by atoms with Gasteiger partial charge in [-0.2, -0.15) is 0 Å². The van der Waals surface area contributed by atoms with Gasteiger partial charge in [-0.3, -0.25) is 4.99 Å². The average Bonchev–Trinajstić information content (AvgIpc) is 3.00. The molecule has 0 fully saturated rings. The second-order valence-corrected chi connectivity index (χ2v) is 8.20. The van der Waals surface area contributed by atoms with E-state index in [-0.39, 0.29) is 5.75 Å². The molecular formula is C14H27N5O2S2. The van der Waals surface area contributed by atoms with E-state index >= 15 is 0 Å². The van der Waals surface area contributed by atoms with Crippen LogP contribution in [0, 0.1) is 0 Å². The van der Waals surface area contributed by atoms with E-state index in [1.165, 1.54) is 4.88 Å². The van der Waals surface area contributed by atoms with Gasteiger partial charge in [0, 0.05) is 44.2 Å². The van der Waals surface area contributed by atoms with E-state index in [1.807, 2.05) is 6.20 Å². The summed E-state index contributed by atoms with van der Waals surface area (Å²) in [6, 6.07) is 0. The number of guanidine groups is 1. The summed E-state index contributed by atoms with van der Waals surface area (Å²) in [5.41, 5.74) is 0. The summed E-state index contributed by atoms with van der Waals surface area (Å²) in [5.74, 6) is 0.829. The Morgan fingerprint density at radius 3 is 2.61 bits per heavy atom. The van der Waals surface area contributed by atoms with Crippen molar-refractivity contribution in [3.8, 4) is 0 Å². The summed E-state index contributed by atoms with van der Waals surface area (Å²) in [4.78, 5) is 9.83. The van der Waals surface area contributed by atoms with E-state index < -0.39 is 10.0 Å². The number of aromatic nitrogens is 1. The molecule has 132 valence electrons. The normalized spacial score (nSPS) is 12.4. The highest BCUT2D eigenvalue weighted by molar-refractivity contribution is 7.89. The first-order chi connectivity index (χ1) is 11.0. The van der Waals surface area contributed by atoms with Gasteiger partial charge in [0.05, 0.1) is 10.8 Å². The first kappa shape index (κ1) is 19.9. The number of rotatable bonds is 10. The molecule has 9 heteroatoms. The van der Waals surface area contributed by atoms with Crippen molar-refractivity contribution in [3.63, 3.8) is 0 Å². The Labute approximate surface area is 143 Å². The molecule has 0 spiro atoms. The van der Waals surface area contributed by atoms with Crippen LogP contribution in [-0.2, 0) is 22.9 Å². The summed E-state index contributed by atoms with van der Waals surface area (Å²) in [6.07, 6.45) is 4.52. The van der Waals surface area contributed by atoms with Crippen LogP contribution in [0.15, 0.2) is 11.2 Å². The Bertz CT molecular complexity index is 584. The highest BCUT2D eigenvalue weighted by Gasteiger charge is 2.05. The van der Waals surface area contributed by atoms with Crippen LogP contribution in [0.25, 0.3) is 0 Å². The minimum absolute atomic E-state index is 0.111. The van der Waals surface area contributed by atoms with Crippen LogP contribution in [0.1, 0.15) is 30.2 Å². The maximum absolute atomic E-state index is 11.3. The van der Waals surface area contributed by atoms with Crippen LogP contribution in [0.5, 0.6) is 0 Å². The van der Waals surface area contributed by atoms with E-state index in [2.05, 4.69) is 32.3 Å². The van der Waals surface area contributed by atoms with Crippen molar-refractivity contribution < 1.29 is 8.42 Å². The summed E-state index contributed by atoms with van der Waals surface area (Å²) in [6.45, 7) is 5.60. The molecule has 23 heavy (non-hydrogen) atoms. The Kier molecular flexibility index (Phi) is 9.12. The van der Waals surface area contributed by atoms with Gasteiger partial charge in [0.1, 0.15) is 0 Å². The molecular weight excluding hydrogens is 334 g/mol. The van der Waals surface area contributed by atoms with E-state index in [4.69, 9.17) is 0 Å². The molecule has 0 aliphatic rings. The minimum atomic E-state index is -3.10. The lowest BCUT2D eigenvalue weighted by Gasteiger charge is -2.11. The first-order valence-electron chi connectivity index (χ1n) is 7.86. The van der Waals surface area contributed by atoms with Gasteiger partial charge >= 0.3 is 0 Å². The fourth-order valence-corrected chi connectivity index (χ4v) is 3.28. The third-order valence-electron chi connectivity index (χ3n) is 3.15. The lowest BCUT2D eigenvalue weighted by molar-refractivity contribution is 0.579. The zero-order valence-electron chi connectivity index (χ0n) is 14.1. The minimum Gasteiger partial charge on any atom is -0.356 e. The lowest BCUT2D eigenvalue weighted by atomic mass is 10.4. The fraction of sp³-hybridized carbons (Fsp3) is 0.714. The highest BCUT2D eigenvalue weighted by Crippen LogP contribution is 2.13. The second kappa shape index (κ2) is 10.6. The molecule has 0 aliphatic carbocycles. The molecule has 0 saturated carbocycles. The van der Waals surface area contributed by atoms with Crippen LogP contribution >= 0.6 is 11.3 Å². The van der Waals surface area contributed by atoms with Crippen molar-refractivity contribution in [1.29, 1.82) is 0 Å². The smallest absolute Gasteiger partial charge is 0.211 e. The quantitative estimate of drug-likeness (QED) is 0.325. The molecule has 1 aromatic rings. The molecule has 0 amide bonds. The zero-order chi connectivity index (χ0) is 17.1.